The Morgan fingerprint density at radius 1 is 1.28 bits per heavy atom. The number of carbonyl (C=O) groups is 2. The second-order valence-corrected chi connectivity index (χ2v) is 9.03. The number of amides is 1. The summed E-state index contributed by atoms with van der Waals surface area (Å²) in [7, 11) is 0. The topological polar surface area (TPSA) is 84.1 Å². The highest BCUT2D eigenvalue weighted by Crippen LogP contribution is 2.38. The van der Waals surface area contributed by atoms with Crippen LogP contribution >= 0.6 is 23.1 Å². The van der Waals surface area contributed by atoms with E-state index < -0.39 is 0 Å². The molecule has 152 valence electrons. The first kappa shape index (κ1) is 20.0. The Hall–Kier alpha value is -2.32. The van der Waals surface area contributed by atoms with Crippen LogP contribution in [0.1, 0.15) is 47.0 Å². The number of carbonyl (C=O) groups excluding carboxylic acids is 2. The van der Waals surface area contributed by atoms with Crippen molar-refractivity contribution >= 4 is 51.0 Å². The van der Waals surface area contributed by atoms with Crippen molar-refractivity contribution in [2.45, 2.75) is 44.2 Å². The highest BCUT2D eigenvalue weighted by atomic mass is 32.2. The first-order valence-corrected chi connectivity index (χ1v) is 11.6. The highest BCUT2D eigenvalue weighted by Gasteiger charge is 2.27. The second-order valence-electron chi connectivity index (χ2n) is 6.84. The minimum Gasteiger partial charge on any atom is -0.462 e. The van der Waals surface area contributed by atoms with Crippen LogP contribution in [0.25, 0.3) is 11.0 Å². The molecule has 3 aromatic rings. The Morgan fingerprint density at radius 2 is 2.10 bits per heavy atom. The Bertz CT molecular complexity index is 1010. The number of thiophene rings is 1. The Kier molecular flexibility index (Phi) is 6.20. The van der Waals surface area contributed by atoms with Gasteiger partial charge in [-0.3, -0.25) is 4.79 Å². The van der Waals surface area contributed by atoms with Gasteiger partial charge in [0.2, 0.25) is 5.91 Å². The number of hydrogen-bond donors (Lipinski definition) is 2. The summed E-state index contributed by atoms with van der Waals surface area (Å²) in [6, 6.07) is 7.85. The zero-order chi connectivity index (χ0) is 20.2. The number of esters is 1. The van der Waals surface area contributed by atoms with Crippen molar-refractivity contribution in [2.75, 3.05) is 17.7 Å². The lowest BCUT2D eigenvalue weighted by Gasteiger charge is -2.12. The lowest BCUT2D eigenvalue weighted by molar-refractivity contribution is -0.115. The molecule has 0 spiro atoms. The van der Waals surface area contributed by atoms with Crippen LogP contribution in [0, 0.1) is 0 Å². The maximum absolute atomic E-state index is 12.5. The number of thioether (sulfide) groups is 1. The lowest BCUT2D eigenvalue weighted by Crippen LogP contribution is -2.16. The molecule has 0 radical (unpaired) electrons. The zero-order valence-electron chi connectivity index (χ0n) is 16.2. The third kappa shape index (κ3) is 4.48. The Morgan fingerprint density at radius 3 is 2.93 bits per heavy atom. The molecule has 6 nitrogen and oxygen atoms in total. The third-order valence-electron chi connectivity index (χ3n) is 4.84. The fourth-order valence-corrected chi connectivity index (χ4v) is 5.62. The fraction of sp³-hybridized carbons (Fsp3) is 0.381. The number of imidazole rings is 1. The first-order valence-electron chi connectivity index (χ1n) is 9.84. The van der Waals surface area contributed by atoms with Gasteiger partial charge in [0.25, 0.3) is 0 Å². The molecule has 4 rings (SSSR count). The van der Waals surface area contributed by atoms with Gasteiger partial charge in [0, 0.05) is 17.1 Å². The van der Waals surface area contributed by atoms with Gasteiger partial charge in [0.1, 0.15) is 5.00 Å². The van der Waals surface area contributed by atoms with Crippen molar-refractivity contribution < 1.29 is 14.3 Å². The van der Waals surface area contributed by atoms with Crippen molar-refractivity contribution in [2.24, 2.45) is 0 Å². The number of nitrogens with zero attached hydrogens (tertiary/aromatic N) is 1. The van der Waals surface area contributed by atoms with Gasteiger partial charge in [0.05, 0.1) is 23.2 Å². The Balaban J connectivity index is 1.40. The molecule has 0 unspecified atom stereocenters. The number of para-hydroxylation sites is 2. The van der Waals surface area contributed by atoms with Crippen molar-refractivity contribution in [1.82, 2.24) is 9.97 Å². The van der Waals surface area contributed by atoms with E-state index in [4.69, 9.17) is 4.74 Å². The molecule has 2 N–H and O–H groups in total. The summed E-state index contributed by atoms with van der Waals surface area (Å²) < 4.78 is 5.24. The minimum absolute atomic E-state index is 0.0993. The van der Waals surface area contributed by atoms with Crippen molar-refractivity contribution in [3.05, 3.63) is 40.3 Å². The van der Waals surface area contributed by atoms with Crippen LogP contribution in [-0.4, -0.2) is 34.2 Å². The number of fused-ring (bicyclic) bond motifs is 2. The Labute approximate surface area is 177 Å². The summed E-state index contributed by atoms with van der Waals surface area (Å²) in [4.78, 5) is 34.0. The number of aromatic amines is 1. The summed E-state index contributed by atoms with van der Waals surface area (Å²) in [5, 5.41) is 4.39. The molecular formula is C21H23N3O3S2. The van der Waals surface area contributed by atoms with E-state index in [0.29, 0.717) is 29.3 Å². The van der Waals surface area contributed by atoms with Crippen LogP contribution < -0.4 is 5.32 Å². The number of aromatic nitrogens is 2. The maximum atomic E-state index is 12.5. The van der Waals surface area contributed by atoms with E-state index in [1.54, 1.807) is 6.92 Å². The third-order valence-corrected chi connectivity index (χ3v) is 6.92. The fourth-order valence-electron chi connectivity index (χ4n) is 3.50. The molecule has 1 aliphatic rings. The van der Waals surface area contributed by atoms with Crippen molar-refractivity contribution in [1.29, 1.82) is 0 Å². The number of nitrogens with one attached hydrogen (secondary N) is 2. The minimum atomic E-state index is -0.334. The predicted molar refractivity (Wildman–Crippen MR) is 117 cm³/mol. The monoisotopic (exact) mass is 429 g/mol. The summed E-state index contributed by atoms with van der Waals surface area (Å²) in [6.45, 7) is 2.12. The molecule has 0 bridgehead atoms. The van der Waals surface area contributed by atoms with E-state index >= 15 is 0 Å². The first-order chi connectivity index (χ1) is 14.2. The van der Waals surface area contributed by atoms with Gasteiger partial charge in [0.15, 0.2) is 5.16 Å². The van der Waals surface area contributed by atoms with E-state index in [2.05, 4.69) is 15.3 Å². The average molecular weight is 430 g/mol. The van der Waals surface area contributed by atoms with E-state index in [0.717, 1.165) is 47.4 Å². The number of H-pyrrole nitrogens is 1. The molecule has 1 aliphatic carbocycles. The SMILES string of the molecule is CCOC(=O)c1c(NC(=O)CCSc2nc3ccccc3[nH]2)sc2c1CCCC2. The molecule has 29 heavy (non-hydrogen) atoms. The van der Waals surface area contributed by atoms with Crippen molar-refractivity contribution in [3.63, 3.8) is 0 Å². The summed E-state index contributed by atoms with van der Waals surface area (Å²) in [6.07, 6.45) is 4.36. The summed E-state index contributed by atoms with van der Waals surface area (Å²) in [5.41, 5.74) is 3.53. The molecule has 8 heteroatoms. The van der Waals surface area contributed by atoms with Crippen LogP contribution in [0.15, 0.2) is 29.4 Å². The van der Waals surface area contributed by atoms with Gasteiger partial charge in [-0.05, 0) is 50.3 Å². The van der Waals surface area contributed by atoms with Gasteiger partial charge < -0.3 is 15.0 Å². The second kappa shape index (κ2) is 9.00. The number of ether oxygens (including phenoxy) is 1. The van der Waals surface area contributed by atoms with Crippen molar-refractivity contribution in [3.8, 4) is 0 Å². The molecule has 0 saturated carbocycles. The lowest BCUT2D eigenvalue weighted by atomic mass is 9.95. The van der Waals surface area contributed by atoms with E-state index in [-0.39, 0.29) is 11.9 Å². The largest absolute Gasteiger partial charge is 0.462 e. The number of aryl methyl sites for hydroxylation is 1. The number of hydrogen-bond acceptors (Lipinski definition) is 6. The number of anilines is 1. The summed E-state index contributed by atoms with van der Waals surface area (Å²) in [5.74, 6) is 0.169. The maximum Gasteiger partial charge on any atom is 0.341 e. The molecule has 0 atom stereocenters. The molecule has 2 heterocycles. The molecule has 1 aromatic carbocycles. The molecule has 0 saturated heterocycles. The van der Waals surface area contributed by atoms with E-state index in [1.165, 1.54) is 28.0 Å². The van der Waals surface area contributed by atoms with Crippen LogP contribution in [0.5, 0.6) is 0 Å². The number of rotatable bonds is 7. The zero-order valence-corrected chi connectivity index (χ0v) is 17.9. The summed E-state index contributed by atoms with van der Waals surface area (Å²) >= 11 is 3.03. The molecule has 2 aromatic heterocycles. The van der Waals surface area contributed by atoms with Crippen LogP contribution in [-0.2, 0) is 22.4 Å². The van der Waals surface area contributed by atoms with Gasteiger partial charge in [-0.25, -0.2) is 9.78 Å². The van der Waals surface area contributed by atoms with E-state index in [9.17, 15) is 9.59 Å². The van der Waals surface area contributed by atoms with Crippen LogP contribution in [0.2, 0.25) is 0 Å². The number of benzene rings is 1. The normalized spacial score (nSPS) is 13.3. The molecule has 1 amide bonds. The highest BCUT2D eigenvalue weighted by molar-refractivity contribution is 7.99. The van der Waals surface area contributed by atoms with Gasteiger partial charge in [-0.2, -0.15) is 0 Å². The molecular weight excluding hydrogens is 406 g/mol. The molecule has 0 aliphatic heterocycles. The smallest absolute Gasteiger partial charge is 0.341 e. The predicted octanol–water partition coefficient (Wildman–Crippen LogP) is 4.80. The van der Waals surface area contributed by atoms with Crippen LogP contribution in [0.4, 0.5) is 5.00 Å². The van der Waals surface area contributed by atoms with Gasteiger partial charge >= 0.3 is 5.97 Å². The van der Waals surface area contributed by atoms with Crippen LogP contribution in [0.3, 0.4) is 0 Å². The van der Waals surface area contributed by atoms with E-state index in [1.807, 2.05) is 24.3 Å². The quantitative estimate of drug-likeness (QED) is 0.416. The van der Waals surface area contributed by atoms with Gasteiger partial charge in [-0.1, -0.05) is 23.9 Å². The standard InChI is InChI=1S/C21H23N3O3S2/c1-2-27-20(26)18-13-7-3-6-10-16(13)29-19(18)24-17(25)11-12-28-21-22-14-8-4-5-9-15(14)23-21/h4-5,8-9H,2-3,6-7,10-12H2,1H3,(H,22,23)(H,24,25). The average Bonchev–Trinajstić information content (AvgIpc) is 3.28. The van der Waals surface area contributed by atoms with Gasteiger partial charge in [-0.15, -0.1) is 11.3 Å². The molecule has 0 fully saturated rings.